The Morgan fingerprint density at radius 2 is 1.71 bits per heavy atom. The van der Waals surface area contributed by atoms with E-state index in [1.54, 1.807) is 0 Å². The van der Waals surface area contributed by atoms with Gasteiger partial charge in [-0.3, -0.25) is 0 Å². The molecule has 0 bridgehead atoms. The van der Waals surface area contributed by atoms with Crippen LogP contribution in [-0.4, -0.2) is 13.1 Å². The van der Waals surface area contributed by atoms with Crippen LogP contribution in [0.5, 0.6) is 0 Å². The third-order valence-electron chi connectivity index (χ3n) is 4.55. The molecular weight excluding hydrogens is 268 g/mol. The molecule has 0 heterocycles. The average Bonchev–Trinajstić information content (AvgIpc) is 2.94. The second-order valence-corrected chi connectivity index (χ2v) is 6.76. The Morgan fingerprint density at radius 3 is 2.29 bits per heavy atom. The number of benzene rings is 1. The molecule has 21 heavy (non-hydrogen) atoms. The van der Waals surface area contributed by atoms with Crippen molar-refractivity contribution in [2.45, 2.75) is 46.0 Å². The fourth-order valence-corrected chi connectivity index (χ4v) is 3.38. The van der Waals surface area contributed by atoms with Crippen LogP contribution in [0.1, 0.15) is 45.1 Å². The molecule has 1 aliphatic rings. The van der Waals surface area contributed by atoms with Crippen molar-refractivity contribution in [1.29, 1.82) is 0 Å². The van der Waals surface area contributed by atoms with Gasteiger partial charge in [0, 0.05) is 5.56 Å². The smallest absolute Gasteiger partial charge is 0.129 e. The third-order valence-corrected chi connectivity index (χ3v) is 4.55. The zero-order valence-corrected chi connectivity index (χ0v) is 13.2. The molecule has 1 aliphatic carbocycles. The number of nitrogens with one attached hydrogen (secondary N) is 1. The summed E-state index contributed by atoms with van der Waals surface area (Å²) < 4.78 is 27.8. The Hall–Kier alpha value is -0.960. The summed E-state index contributed by atoms with van der Waals surface area (Å²) in [5.74, 6) is 0.726. The summed E-state index contributed by atoms with van der Waals surface area (Å²) in [6.45, 7) is 6.17. The minimum Gasteiger partial charge on any atom is -0.316 e. The molecule has 1 nitrogen and oxygen atoms in total. The van der Waals surface area contributed by atoms with E-state index in [1.165, 1.54) is 43.9 Å². The first-order valence-corrected chi connectivity index (χ1v) is 8.21. The van der Waals surface area contributed by atoms with Crippen molar-refractivity contribution >= 4 is 0 Å². The quantitative estimate of drug-likeness (QED) is 0.777. The Labute approximate surface area is 127 Å². The molecule has 118 valence electrons. The maximum atomic E-state index is 13.9. The Morgan fingerprint density at radius 1 is 1.10 bits per heavy atom. The molecule has 1 fully saturated rings. The molecule has 0 radical (unpaired) electrons. The summed E-state index contributed by atoms with van der Waals surface area (Å²) in [6.07, 6.45) is 5.42. The lowest BCUT2D eigenvalue weighted by atomic mass is 9.85. The second kappa shape index (κ2) is 7.88. The van der Waals surface area contributed by atoms with Gasteiger partial charge in [0.2, 0.25) is 0 Å². The highest BCUT2D eigenvalue weighted by Gasteiger charge is 2.26. The van der Waals surface area contributed by atoms with Crippen molar-refractivity contribution in [1.82, 2.24) is 5.32 Å². The van der Waals surface area contributed by atoms with Crippen LogP contribution in [-0.2, 0) is 6.42 Å². The lowest BCUT2D eigenvalue weighted by molar-refractivity contribution is 0.309. The van der Waals surface area contributed by atoms with Gasteiger partial charge in [-0.1, -0.05) is 45.6 Å². The zero-order valence-electron chi connectivity index (χ0n) is 13.2. The fourth-order valence-electron chi connectivity index (χ4n) is 3.38. The van der Waals surface area contributed by atoms with Gasteiger partial charge in [-0.25, -0.2) is 8.78 Å². The third kappa shape index (κ3) is 4.77. The molecule has 0 amide bonds. The largest absolute Gasteiger partial charge is 0.316 e. The zero-order chi connectivity index (χ0) is 15.2. The molecule has 1 N–H and O–H groups in total. The molecule has 1 atom stereocenters. The van der Waals surface area contributed by atoms with Crippen LogP contribution in [0.25, 0.3) is 0 Å². The van der Waals surface area contributed by atoms with Gasteiger partial charge in [0.05, 0.1) is 0 Å². The van der Waals surface area contributed by atoms with Crippen molar-refractivity contribution in [3.63, 3.8) is 0 Å². The minimum atomic E-state index is -0.401. The Bertz CT molecular complexity index is 419. The van der Waals surface area contributed by atoms with E-state index >= 15 is 0 Å². The molecule has 0 aliphatic heterocycles. The van der Waals surface area contributed by atoms with Crippen LogP contribution >= 0.6 is 0 Å². The average molecular weight is 295 g/mol. The first-order chi connectivity index (χ1) is 10.1. The molecule has 0 spiro atoms. The predicted molar refractivity (Wildman–Crippen MR) is 83.2 cm³/mol. The van der Waals surface area contributed by atoms with Crippen molar-refractivity contribution < 1.29 is 8.78 Å². The van der Waals surface area contributed by atoms with Crippen LogP contribution in [0.4, 0.5) is 8.78 Å². The molecule has 1 aromatic rings. The van der Waals surface area contributed by atoms with Crippen LogP contribution in [0, 0.1) is 29.4 Å². The molecule has 1 aromatic carbocycles. The minimum absolute atomic E-state index is 0.265. The number of hydrogen-bond acceptors (Lipinski definition) is 1. The van der Waals surface area contributed by atoms with Gasteiger partial charge in [-0.15, -0.1) is 0 Å². The summed E-state index contributed by atoms with van der Waals surface area (Å²) in [5, 5.41) is 3.48. The lowest BCUT2D eigenvalue weighted by Crippen LogP contribution is -2.31. The second-order valence-electron chi connectivity index (χ2n) is 6.76. The molecule has 0 aromatic heterocycles. The predicted octanol–water partition coefficient (Wildman–Crippen LogP) is 4.56. The number of rotatable bonds is 7. The van der Waals surface area contributed by atoms with Gasteiger partial charge >= 0.3 is 0 Å². The summed E-state index contributed by atoms with van der Waals surface area (Å²) in [4.78, 5) is 0. The van der Waals surface area contributed by atoms with Gasteiger partial charge in [-0.05, 0) is 49.4 Å². The van der Waals surface area contributed by atoms with Crippen molar-refractivity contribution in [3.8, 4) is 0 Å². The van der Waals surface area contributed by atoms with E-state index < -0.39 is 11.6 Å². The number of halogens is 2. The maximum absolute atomic E-state index is 13.9. The first-order valence-electron chi connectivity index (χ1n) is 8.21. The summed E-state index contributed by atoms with van der Waals surface area (Å²) in [7, 11) is 0. The lowest BCUT2D eigenvalue weighted by Gasteiger charge is -2.25. The molecule has 2 rings (SSSR count). The monoisotopic (exact) mass is 295 g/mol. The van der Waals surface area contributed by atoms with Gasteiger partial charge in [0.1, 0.15) is 11.6 Å². The van der Waals surface area contributed by atoms with Crippen molar-refractivity contribution in [2.75, 3.05) is 13.1 Å². The van der Waals surface area contributed by atoms with Crippen LogP contribution in [0.2, 0.25) is 0 Å². The van der Waals surface area contributed by atoms with Crippen LogP contribution < -0.4 is 5.32 Å². The number of hydrogen-bond donors (Lipinski definition) is 1. The van der Waals surface area contributed by atoms with Gasteiger partial charge < -0.3 is 5.32 Å². The van der Waals surface area contributed by atoms with Crippen LogP contribution in [0.15, 0.2) is 18.2 Å². The summed E-state index contributed by atoms with van der Waals surface area (Å²) in [5.41, 5.74) is 0.265. The van der Waals surface area contributed by atoms with Crippen LogP contribution in [0.3, 0.4) is 0 Å². The van der Waals surface area contributed by atoms with E-state index in [0.29, 0.717) is 24.2 Å². The van der Waals surface area contributed by atoms with Crippen molar-refractivity contribution in [2.24, 2.45) is 17.8 Å². The molecule has 1 unspecified atom stereocenters. The molecule has 3 heteroatoms. The molecular formula is C18H27F2N. The Balaban J connectivity index is 2.04. The molecule has 0 saturated heterocycles. The van der Waals surface area contributed by atoms with E-state index in [4.69, 9.17) is 0 Å². The van der Waals surface area contributed by atoms with Crippen molar-refractivity contribution in [3.05, 3.63) is 35.4 Å². The van der Waals surface area contributed by atoms with Gasteiger partial charge in [-0.2, -0.15) is 0 Å². The van der Waals surface area contributed by atoms with Gasteiger partial charge in [0.15, 0.2) is 0 Å². The van der Waals surface area contributed by atoms with E-state index in [-0.39, 0.29) is 5.56 Å². The standard InChI is InChI=1S/C18H27F2N/c1-13(2)11-21-12-15(14-6-3-4-7-14)10-16-17(19)8-5-9-18(16)20/h5,8-9,13-15,21H,3-4,6-7,10-12H2,1-2H3. The summed E-state index contributed by atoms with van der Waals surface area (Å²) in [6, 6.07) is 4.17. The van der Waals surface area contributed by atoms with E-state index in [1.807, 2.05) is 0 Å². The Kier molecular flexibility index (Phi) is 6.16. The molecule has 1 saturated carbocycles. The highest BCUT2D eigenvalue weighted by atomic mass is 19.1. The SMILES string of the molecule is CC(C)CNCC(Cc1c(F)cccc1F)C1CCCC1. The highest BCUT2D eigenvalue weighted by Crippen LogP contribution is 2.33. The maximum Gasteiger partial charge on any atom is 0.129 e. The summed E-state index contributed by atoms with van der Waals surface area (Å²) >= 11 is 0. The fraction of sp³-hybridized carbons (Fsp3) is 0.667. The van der Waals surface area contributed by atoms with Gasteiger partial charge in [0.25, 0.3) is 0 Å². The first kappa shape index (κ1) is 16.4. The highest BCUT2D eigenvalue weighted by molar-refractivity contribution is 5.20. The topological polar surface area (TPSA) is 12.0 Å². The van der Waals surface area contributed by atoms with E-state index in [2.05, 4.69) is 19.2 Å². The van der Waals surface area contributed by atoms with E-state index in [0.717, 1.165) is 13.1 Å². The normalized spacial score (nSPS) is 17.6. The van der Waals surface area contributed by atoms with E-state index in [9.17, 15) is 8.78 Å².